The molecule has 0 spiro atoms. The number of carbonyl (C=O) groups excluding carboxylic acids is 2. The fourth-order valence-corrected chi connectivity index (χ4v) is 3.17. The van der Waals surface area contributed by atoms with Crippen molar-refractivity contribution >= 4 is 11.8 Å². The molecule has 1 aliphatic heterocycles. The number of rotatable bonds is 7. The Bertz CT molecular complexity index is 760. The van der Waals surface area contributed by atoms with Gasteiger partial charge in [0, 0.05) is 19.2 Å². The van der Waals surface area contributed by atoms with Gasteiger partial charge in [0.15, 0.2) is 0 Å². The molecule has 0 aliphatic carbocycles. The molecule has 27 heavy (non-hydrogen) atoms. The van der Waals surface area contributed by atoms with Gasteiger partial charge in [0.1, 0.15) is 17.2 Å². The molecule has 0 bridgehead atoms. The predicted octanol–water partition coefficient (Wildman–Crippen LogP) is 2.31. The van der Waals surface area contributed by atoms with Gasteiger partial charge in [-0.15, -0.1) is 0 Å². The molecule has 1 aromatic carbocycles. The zero-order valence-electron chi connectivity index (χ0n) is 15.5. The van der Waals surface area contributed by atoms with Gasteiger partial charge in [-0.2, -0.15) is 0 Å². The van der Waals surface area contributed by atoms with E-state index in [0.29, 0.717) is 44.1 Å². The lowest BCUT2D eigenvalue weighted by Crippen LogP contribution is -2.45. The Labute approximate surface area is 158 Å². The Morgan fingerprint density at radius 3 is 2.89 bits per heavy atom. The van der Waals surface area contributed by atoms with Crippen LogP contribution in [0, 0.1) is 12.8 Å². The zero-order valence-corrected chi connectivity index (χ0v) is 15.5. The first kappa shape index (κ1) is 18.9. The first-order chi connectivity index (χ1) is 13.1. The summed E-state index contributed by atoms with van der Waals surface area (Å²) in [6, 6.07) is 11.2. The molecule has 2 heterocycles. The maximum absolute atomic E-state index is 12.4. The van der Waals surface area contributed by atoms with Gasteiger partial charge >= 0.3 is 0 Å². The third-order valence-corrected chi connectivity index (χ3v) is 4.59. The van der Waals surface area contributed by atoms with E-state index in [4.69, 9.17) is 9.26 Å². The van der Waals surface area contributed by atoms with Crippen molar-refractivity contribution in [2.24, 2.45) is 5.92 Å². The molecule has 7 heteroatoms. The van der Waals surface area contributed by atoms with Crippen LogP contribution in [0.3, 0.4) is 0 Å². The van der Waals surface area contributed by atoms with Crippen LogP contribution in [-0.4, -0.2) is 41.6 Å². The second kappa shape index (κ2) is 9.21. The van der Waals surface area contributed by atoms with Crippen molar-refractivity contribution in [2.45, 2.75) is 32.7 Å². The van der Waals surface area contributed by atoms with Crippen LogP contribution in [-0.2, 0) is 16.1 Å². The molecule has 0 saturated carbocycles. The molecular formula is C20H25N3O4. The molecule has 1 saturated heterocycles. The highest BCUT2D eigenvalue weighted by molar-refractivity contribution is 5.81. The number of ether oxygens (including phenoxy) is 1. The smallest absolute Gasteiger partial charge is 0.226 e. The van der Waals surface area contributed by atoms with E-state index in [9.17, 15) is 9.59 Å². The summed E-state index contributed by atoms with van der Waals surface area (Å²) in [7, 11) is 0. The Morgan fingerprint density at radius 2 is 2.15 bits per heavy atom. The number of hydrogen-bond acceptors (Lipinski definition) is 5. The van der Waals surface area contributed by atoms with Gasteiger partial charge in [0.2, 0.25) is 11.8 Å². The number of piperidine rings is 1. The van der Waals surface area contributed by atoms with Crippen molar-refractivity contribution in [1.82, 2.24) is 15.4 Å². The Morgan fingerprint density at radius 1 is 1.33 bits per heavy atom. The number of benzene rings is 1. The van der Waals surface area contributed by atoms with Gasteiger partial charge in [0.05, 0.1) is 25.5 Å². The van der Waals surface area contributed by atoms with Crippen LogP contribution >= 0.6 is 0 Å². The lowest BCUT2D eigenvalue weighted by Gasteiger charge is -2.32. The number of nitrogens with zero attached hydrogens (tertiary/aromatic N) is 2. The number of hydrogen-bond donors (Lipinski definition) is 1. The summed E-state index contributed by atoms with van der Waals surface area (Å²) in [4.78, 5) is 26.6. The van der Waals surface area contributed by atoms with E-state index in [0.717, 1.165) is 18.6 Å². The summed E-state index contributed by atoms with van der Waals surface area (Å²) in [6.45, 7) is 3.63. The van der Waals surface area contributed by atoms with E-state index < -0.39 is 0 Å². The first-order valence-electron chi connectivity index (χ1n) is 9.27. The normalized spacial score (nSPS) is 16.8. The monoisotopic (exact) mass is 371 g/mol. The Kier molecular flexibility index (Phi) is 6.46. The summed E-state index contributed by atoms with van der Waals surface area (Å²) >= 11 is 0. The van der Waals surface area contributed by atoms with Crippen LogP contribution in [0.5, 0.6) is 5.75 Å². The highest BCUT2D eigenvalue weighted by Crippen LogP contribution is 2.18. The second-order valence-electron chi connectivity index (χ2n) is 6.74. The Balaban J connectivity index is 1.42. The Hall–Kier alpha value is -2.83. The van der Waals surface area contributed by atoms with Crippen molar-refractivity contribution in [3.63, 3.8) is 0 Å². The molecule has 1 N–H and O–H groups in total. The summed E-state index contributed by atoms with van der Waals surface area (Å²) < 4.78 is 10.6. The maximum Gasteiger partial charge on any atom is 0.226 e. The van der Waals surface area contributed by atoms with E-state index in [1.807, 2.05) is 37.3 Å². The number of aryl methyl sites for hydroxylation is 1. The molecule has 1 aliphatic rings. The highest BCUT2D eigenvalue weighted by Gasteiger charge is 2.28. The van der Waals surface area contributed by atoms with Gasteiger partial charge in [-0.1, -0.05) is 23.4 Å². The lowest BCUT2D eigenvalue weighted by atomic mass is 9.97. The number of aromatic nitrogens is 1. The van der Waals surface area contributed by atoms with E-state index in [-0.39, 0.29) is 17.7 Å². The maximum atomic E-state index is 12.4. The topological polar surface area (TPSA) is 84.7 Å². The number of carbonyl (C=O) groups is 2. The van der Waals surface area contributed by atoms with Crippen LogP contribution in [0.15, 0.2) is 40.9 Å². The van der Waals surface area contributed by atoms with E-state index in [2.05, 4.69) is 10.5 Å². The average Bonchev–Trinajstić information content (AvgIpc) is 3.12. The minimum atomic E-state index is -0.189. The average molecular weight is 371 g/mol. The molecular weight excluding hydrogens is 346 g/mol. The minimum absolute atomic E-state index is 0.0237. The molecule has 2 aromatic rings. The minimum Gasteiger partial charge on any atom is -0.493 e. The standard InChI is InChI=1S/C20H25N3O4/c1-15-12-17(22-27-15)13-21-20(25)16-6-5-10-23(14-16)19(24)9-11-26-18-7-3-2-4-8-18/h2-4,7-8,12,16H,5-6,9-11,13-14H2,1H3,(H,21,25). The lowest BCUT2D eigenvalue weighted by molar-refractivity contribution is -0.136. The third kappa shape index (κ3) is 5.57. The molecule has 1 aromatic heterocycles. The third-order valence-electron chi connectivity index (χ3n) is 4.59. The molecule has 1 fully saturated rings. The molecule has 144 valence electrons. The van der Waals surface area contributed by atoms with Crippen molar-refractivity contribution in [1.29, 1.82) is 0 Å². The summed E-state index contributed by atoms with van der Waals surface area (Å²) in [5.41, 5.74) is 0.697. The van der Waals surface area contributed by atoms with Crippen LogP contribution in [0.4, 0.5) is 0 Å². The van der Waals surface area contributed by atoms with E-state index in [1.165, 1.54) is 0 Å². The van der Waals surface area contributed by atoms with Crippen molar-refractivity contribution in [2.75, 3.05) is 19.7 Å². The summed E-state index contributed by atoms with van der Waals surface area (Å²) in [5.74, 6) is 1.26. The molecule has 1 unspecified atom stereocenters. The van der Waals surface area contributed by atoms with E-state index >= 15 is 0 Å². The second-order valence-corrected chi connectivity index (χ2v) is 6.74. The fourth-order valence-electron chi connectivity index (χ4n) is 3.17. The van der Waals surface area contributed by atoms with Gasteiger partial charge in [0.25, 0.3) is 0 Å². The van der Waals surface area contributed by atoms with E-state index in [1.54, 1.807) is 11.0 Å². The largest absolute Gasteiger partial charge is 0.493 e. The number of likely N-dealkylation sites (tertiary alicyclic amines) is 1. The van der Waals surface area contributed by atoms with Crippen molar-refractivity contribution < 1.29 is 18.8 Å². The molecule has 2 amide bonds. The zero-order chi connectivity index (χ0) is 19.1. The molecule has 1 atom stereocenters. The van der Waals surface area contributed by atoms with Crippen LogP contribution in [0.2, 0.25) is 0 Å². The molecule has 0 radical (unpaired) electrons. The van der Waals surface area contributed by atoms with Gasteiger partial charge in [-0.25, -0.2) is 0 Å². The summed E-state index contributed by atoms with van der Waals surface area (Å²) in [6.07, 6.45) is 1.92. The number of nitrogens with one attached hydrogen (secondary N) is 1. The van der Waals surface area contributed by atoms with Crippen molar-refractivity contribution in [3.05, 3.63) is 47.9 Å². The number of para-hydroxylation sites is 1. The van der Waals surface area contributed by atoms with Crippen LogP contribution in [0.1, 0.15) is 30.7 Å². The quantitative estimate of drug-likeness (QED) is 0.807. The predicted molar refractivity (Wildman–Crippen MR) is 98.9 cm³/mol. The van der Waals surface area contributed by atoms with Gasteiger partial charge in [-0.05, 0) is 31.9 Å². The molecule has 7 nitrogen and oxygen atoms in total. The van der Waals surface area contributed by atoms with Gasteiger partial charge in [-0.3, -0.25) is 9.59 Å². The van der Waals surface area contributed by atoms with Crippen LogP contribution in [0.25, 0.3) is 0 Å². The summed E-state index contributed by atoms with van der Waals surface area (Å²) in [5, 5.41) is 6.75. The highest BCUT2D eigenvalue weighted by atomic mass is 16.5. The fraction of sp³-hybridized carbons (Fsp3) is 0.450. The number of amides is 2. The van der Waals surface area contributed by atoms with Crippen LogP contribution < -0.4 is 10.1 Å². The van der Waals surface area contributed by atoms with Gasteiger partial charge < -0.3 is 19.5 Å². The SMILES string of the molecule is Cc1cc(CNC(=O)C2CCCN(C(=O)CCOc3ccccc3)C2)no1. The first-order valence-corrected chi connectivity index (χ1v) is 9.27. The van der Waals surface area contributed by atoms with Crippen molar-refractivity contribution in [3.8, 4) is 5.75 Å². The molecule has 3 rings (SSSR count).